The van der Waals surface area contributed by atoms with E-state index in [1.807, 2.05) is 0 Å². The standard InChI is InChI=1S/C32H44O16/c1-43-21-9-15(3-5-19(21)35)7-17(13-45-31-29(41)27(39)25(37)23(11-33)47-31)18(8-16-4-6-20(36)22(10-16)44-2)14-46-32-30(42)28(40)26(38)24(12-34)48-32/h3-6,9-10,17-18,23-29,31-41H,7-8,11-14H2,1-2H3/t17-,18-,23-,24-,25?,26-,27+,28+,29-,31-,32-/m1/s1. The number of ketones is 1. The summed E-state index contributed by atoms with van der Waals surface area (Å²) in [5.74, 6) is -1.92. The van der Waals surface area contributed by atoms with E-state index in [2.05, 4.69) is 0 Å². The van der Waals surface area contributed by atoms with Crippen LogP contribution in [-0.2, 0) is 36.6 Å². The number of ether oxygens (including phenoxy) is 6. The fourth-order valence-electron chi connectivity index (χ4n) is 5.75. The SMILES string of the molecule is COc1cc(C[C@H](CO[C@@H]2O[C@H](CO)[C@@H](O)[C@H](O)C2=O)[C@@H](CO[C@@H]2O[C@H](CO)C(O)[C@H](O)[C@H]2O)Cc2ccc(O)c(OC)c2)ccc1O. The number of hydrogen-bond acceptors (Lipinski definition) is 16. The molecule has 2 aliphatic rings. The third kappa shape index (κ3) is 8.71. The minimum Gasteiger partial charge on any atom is -0.504 e. The van der Waals surface area contributed by atoms with Crippen LogP contribution in [0.5, 0.6) is 23.0 Å². The number of rotatable bonds is 15. The first-order valence-electron chi connectivity index (χ1n) is 15.3. The van der Waals surface area contributed by atoms with E-state index in [0.717, 1.165) is 0 Å². The summed E-state index contributed by atoms with van der Waals surface area (Å²) in [6, 6.07) is 9.39. The lowest BCUT2D eigenvalue weighted by atomic mass is 9.83. The van der Waals surface area contributed by atoms with E-state index in [9.17, 15) is 50.8 Å². The molecule has 0 spiro atoms. The number of hydrogen-bond donors (Lipinski definition) is 9. The molecule has 16 nitrogen and oxygen atoms in total. The Bertz CT molecular complexity index is 1340. The first-order valence-corrected chi connectivity index (χ1v) is 15.3. The van der Waals surface area contributed by atoms with Crippen molar-refractivity contribution in [2.45, 2.75) is 68.1 Å². The maximum Gasteiger partial charge on any atom is 0.221 e. The third-order valence-corrected chi connectivity index (χ3v) is 8.64. The quantitative estimate of drug-likeness (QED) is 0.0981. The average molecular weight is 685 g/mol. The van der Waals surface area contributed by atoms with Crippen molar-refractivity contribution in [3.05, 3.63) is 47.5 Å². The van der Waals surface area contributed by atoms with Crippen molar-refractivity contribution in [3.8, 4) is 23.0 Å². The molecule has 2 aromatic rings. The molecular formula is C32H44O16. The van der Waals surface area contributed by atoms with Crippen LogP contribution >= 0.6 is 0 Å². The summed E-state index contributed by atoms with van der Waals surface area (Å²) in [6.07, 6.45) is -13.7. The van der Waals surface area contributed by atoms with Gasteiger partial charge in [-0.05, 0) is 60.1 Å². The third-order valence-electron chi connectivity index (χ3n) is 8.64. The number of aromatic hydroxyl groups is 2. The number of phenols is 2. The monoisotopic (exact) mass is 684 g/mol. The van der Waals surface area contributed by atoms with E-state index in [1.54, 1.807) is 24.3 Å². The van der Waals surface area contributed by atoms with Gasteiger partial charge >= 0.3 is 0 Å². The van der Waals surface area contributed by atoms with Gasteiger partial charge < -0.3 is 74.4 Å². The minimum absolute atomic E-state index is 0.0985. The van der Waals surface area contributed by atoms with Crippen molar-refractivity contribution in [2.75, 3.05) is 40.6 Å². The highest BCUT2D eigenvalue weighted by atomic mass is 16.7. The van der Waals surface area contributed by atoms with E-state index in [-0.39, 0.29) is 49.1 Å². The molecule has 0 bridgehead atoms. The van der Waals surface area contributed by atoms with Gasteiger partial charge in [0.25, 0.3) is 0 Å². The van der Waals surface area contributed by atoms with Gasteiger partial charge in [0, 0.05) is 0 Å². The van der Waals surface area contributed by atoms with Gasteiger partial charge in [0.2, 0.25) is 12.1 Å². The second-order valence-electron chi connectivity index (χ2n) is 11.8. The van der Waals surface area contributed by atoms with Crippen molar-refractivity contribution in [1.82, 2.24) is 0 Å². The Morgan fingerprint density at radius 2 is 1.19 bits per heavy atom. The van der Waals surface area contributed by atoms with Crippen LogP contribution in [0.3, 0.4) is 0 Å². The number of methoxy groups -OCH3 is 2. The van der Waals surface area contributed by atoms with E-state index >= 15 is 0 Å². The van der Waals surface area contributed by atoms with Crippen molar-refractivity contribution >= 4 is 5.78 Å². The molecule has 2 aromatic carbocycles. The van der Waals surface area contributed by atoms with E-state index in [4.69, 9.17) is 28.4 Å². The number of benzene rings is 2. The van der Waals surface area contributed by atoms with Crippen LogP contribution in [-0.4, -0.2) is 148 Å². The smallest absolute Gasteiger partial charge is 0.221 e. The largest absolute Gasteiger partial charge is 0.504 e. The zero-order valence-corrected chi connectivity index (χ0v) is 26.4. The number of carbonyl (C=O) groups is 1. The molecule has 268 valence electrons. The molecule has 11 atom stereocenters. The molecule has 0 radical (unpaired) electrons. The number of phenolic OH excluding ortho intramolecular Hbond substituents is 2. The fraction of sp³-hybridized carbons (Fsp3) is 0.594. The Morgan fingerprint density at radius 3 is 1.69 bits per heavy atom. The van der Waals surface area contributed by atoms with E-state index in [1.165, 1.54) is 26.4 Å². The van der Waals surface area contributed by atoms with Crippen molar-refractivity contribution < 1.29 is 79.2 Å². The molecule has 1 unspecified atom stereocenters. The number of aliphatic hydroxyl groups is 7. The van der Waals surface area contributed by atoms with E-state index < -0.39 is 86.1 Å². The molecule has 2 aliphatic heterocycles. The van der Waals surface area contributed by atoms with Crippen LogP contribution in [0.2, 0.25) is 0 Å². The van der Waals surface area contributed by atoms with Gasteiger partial charge in [-0.1, -0.05) is 12.1 Å². The van der Waals surface area contributed by atoms with Crippen LogP contribution in [0.4, 0.5) is 0 Å². The van der Waals surface area contributed by atoms with Crippen LogP contribution in [0, 0.1) is 11.8 Å². The molecule has 4 rings (SSSR count). The summed E-state index contributed by atoms with van der Waals surface area (Å²) < 4.78 is 33.4. The summed E-state index contributed by atoms with van der Waals surface area (Å²) in [6.45, 7) is -1.76. The van der Waals surface area contributed by atoms with E-state index in [0.29, 0.717) is 11.1 Å². The van der Waals surface area contributed by atoms with Crippen LogP contribution < -0.4 is 9.47 Å². The molecule has 0 aliphatic carbocycles. The highest BCUT2D eigenvalue weighted by molar-refractivity contribution is 5.87. The summed E-state index contributed by atoms with van der Waals surface area (Å²) >= 11 is 0. The van der Waals surface area contributed by atoms with Crippen molar-refractivity contribution in [1.29, 1.82) is 0 Å². The lowest BCUT2D eigenvalue weighted by Crippen LogP contribution is -2.59. The second kappa shape index (κ2) is 17.0. The number of aliphatic hydroxyl groups excluding tert-OH is 7. The predicted octanol–water partition coefficient (Wildman–Crippen LogP) is -2.03. The lowest BCUT2D eigenvalue weighted by molar-refractivity contribution is -0.304. The second-order valence-corrected chi connectivity index (χ2v) is 11.8. The van der Waals surface area contributed by atoms with Crippen molar-refractivity contribution in [2.24, 2.45) is 11.8 Å². The Balaban J connectivity index is 1.67. The molecule has 2 saturated heterocycles. The zero-order chi connectivity index (χ0) is 35.1. The first kappa shape index (κ1) is 37.7. The first-order chi connectivity index (χ1) is 22.9. The fourth-order valence-corrected chi connectivity index (χ4v) is 5.75. The number of Topliss-reactive ketones (excluding diaryl/α,β-unsaturated/α-hetero) is 1. The average Bonchev–Trinajstić information content (AvgIpc) is 3.09. The van der Waals surface area contributed by atoms with Crippen LogP contribution in [0.15, 0.2) is 36.4 Å². The molecule has 48 heavy (non-hydrogen) atoms. The van der Waals surface area contributed by atoms with Gasteiger partial charge in [-0.25, -0.2) is 0 Å². The Morgan fingerprint density at radius 1 is 0.688 bits per heavy atom. The number of carbonyl (C=O) groups excluding carboxylic acids is 1. The normalized spacial score (nSPS) is 30.5. The predicted molar refractivity (Wildman–Crippen MR) is 162 cm³/mol. The Labute approximate surface area is 276 Å². The van der Waals surface area contributed by atoms with Gasteiger partial charge in [0.15, 0.2) is 29.3 Å². The van der Waals surface area contributed by atoms with Gasteiger partial charge in [0.1, 0.15) is 42.7 Å². The Kier molecular flexibility index (Phi) is 13.3. The molecule has 16 heteroatoms. The van der Waals surface area contributed by atoms with Crippen molar-refractivity contribution in [3.63, 3.8) is 0 Å². The summed E-state index contributed by atoms with van der Waals surface area (Å²) in [5.41, 5.74) is 1.34. The molecule has 2 fully saturated rings. The minimum atomic E-state index is -1.87. The van der Waals surface area contributed by atoms with Crippen LogP contribution in [0.25, 0.3) is 0 Å². The Hall–Kier alpha value is -3.13. The van der Waals surface area contributed by atoms with Gasteiger partial charge in [-0.15, -0.1) is 0 Å². The zero-order valence-electron chi connectivity index (χ0n) is 26.4. The maximum absolute atomic E-state index is 12.8. The molecule has 0 saturated carbocycles. The highest BCUT2D eigenvalue weighted by Gasteiger charge is 2.46. The molecule has 0 amide bonds. The molecule has 2 heterocycles. The van der Waals surface area contributed by atoms with Crippen LogP contribution in [0.1, 0.15) is 11.1 Å². The molecule has 9 N–H and O–H groups in total. The summed E-state index contributed by atoms with van der Waals surface area (Å²) in [7, 11) is 2.78. The maximum atomic E-state index is 12.8. The summed E-state index contributed by atoms with van der Waals surface area (Å²) in [5, 5.41) is 91.0. The summed E-state index contributed by atoms with van der Waals surface area (Å²) in [4.78, 5) is 12.8. The highest BCUT2D eigenvalue weighted by Crippen LogP contribution is 2.33. The van der Waals surface area contributed by atoms with Gasteiger partial charge in [0.05, 0.1) is 40.6 Å². The topological polar surface area (TPSA) is 255 Å². The molecule has 0 aromatic heterocycles. The van der Waals surface area contributed by atoms with Gasteiger partial charge in [-0.2, -0.15) is 0 Å². The lowest BCUT2D eigenvalue weighted by Gasteiger charge is -2.40. The van der Waals surface area contributed by atoms with Gasteiger partial charge in [-0.3, -0.25) is 4.79 Å². The molecular weight excluding hydrogens is 640 g/mol.